The molecule has 1 aliphatic heterocycles. The Morgan fingerprint density at radius 1 is 1.19 bits per heavy atom. The Hall–Kier alpha value is -2.57. The Morgan fingerprint density at radius 3 is 2.81 bits per heavy atom. The highest BCUT2D eigenvalue weighted by Crippen LogP contribution is 2.35. The molecule has 0 fully saturated rings. The largest absolute Gasteiger partial charge is 0.370 e. The number of nitrogens with zero attached hydrogens (tertiary/aromatic N) is 2. The molecule has 1 aliphatic rings. The van der Waals surface area contributed by atoms with E-state index in [4.69, 9.17) is 14.7 Å². The van der Waals surface area contributed by atoms with Gasteiger partial charge in [-0.1, -0.05) is 30.3 Å². The molecular weight excluding hydrogens is 346 g/mol. The van der Waals surface area contributed by atoms with Gasteiger partial charge in [0.15, 0.2) is 0 Å². The van der Waals surface area contributed by atoms with Crippen LogP contribution in [-0.2, 0) is 17.8 Å². The number of fused-ring (bicyclic) bond motifs is 4. The third kappa shape index (κ3) is 2.45. The van der Waals surface area contributed by atoms with Gasteiger partial charge in [-0.3, -0.25) is 4.79 Å². The lowest BCUT2D eigenvalue weighted by molar-refractivity contribution is -0.0411. The third-order valence-corrected chi connectivity index (χ3v) is 5.83. The van der Waals surface area contributed by atoms with Crippen LogP contribution in [0.2, 0.25) is 0 Å². The number of thiophene rings is 1. The molecule has 1 aromatic carbocycles. The number of pyridine rings is 1. The van der Waals surface area contributed by atoms with E-state index < -0.39 is 0 Å². The van der Waals surface area contributed by atoms with Crippen LogP contribution in [0, 0.1) is 0 Å². The topological polar surface area (TPSA) is 67.9 Å². The van der Waals surface area contributed by atoms with E-state index in [2.05, 4.69) is 24.9 Å². The molecule has 0 saturated carbocycles. The molecule has 5 nitrogen and oxygen atoms in total. The van der Waals surface area contributed by atoms with Crippen molar-refractivity contribution >= 4 is 31.8 Å². The molecule has 0 amide bonds. The van der Waals surface area contributed by atoms with Crippen molar-refractivity contribution < 1.29 is 4.74 Å². The molecule has 0 radical (unpaired) electrons. The van der Waals surface area contributed by atoms with Gasteiger partial charge in [0, 0.05) is 22.9 Å². The van der Waals surface area contributed by atoms with Crippen LogP contribution in [0.5, 0.6) is 0 Å². The van der Waals surface area contributed by atoms with Gasteiger partial charge in [0.2, 0.25) is 0 Å². The van der Waals surface area contributed by atoms with Gasteiger partial charge in [-0.25, -0.2) is 9.97 Å². The number of aromatic amines is 1. The lowest BCUT2D eigenvalue weighted by atomic mass is 9.95. The number of hydrogen-bond donors (Lipinski definition) is 1. The molecule has 0 aliphatic carbocycles. The molecule has 130 valence electrons. The van der Waals surface area contributed by atoms with Crippen molar-refractivity contribution in [1.29, 1.82) is 0 Å². The molecule has 4 heterocycles. The standard InChI is InChI=1S/C20H17N3O2S/c1-20(2)9-14-12(10-25-20)8-13-15-16(26-19(13)21-14)18(24)23-17(22-15)11-6-4-3-5-7-11/h3-8H,9-10H2,1-2H3,(H,22,23,24). The van der Waals surface area contributed by atoms with Crippen LogP contribution in [0.4, 0.5) is 0 Å². The molecule has 0 saturated heterocycles. The molecule has 4 aromatic rings. The van der Waals surface area contributed by atoms with Gasteiger partial charge in [-0.05, 0) is 19.9 Å². The van der Waals surface area contributed by atoms with Gasteiger partial charge in [-0.2, -0.15) is 0 Å². The van der Waals surface area contributed by atoms with E-state index in [1.165, 1.54) is 11.3 Å². The van der Waals surface area contributed by atoms with Crippen molar-refractivity contribution in [3.05, 3.63) is 58.0 Å². The van der Waals surface area contributed by atoms with Crippen molar-refractivity contribution in [2.45, 2.75) is 32.5 Å². The summed E-state index contributed by atoms with van der Waals surface area (Å²) in [6.07, 6.45) is 0.769. The van der Waals surface area contributed by atoms with Crippen LogP contribution in [0.25, 0.3) is 31.8 Å². The molecule has 0 spiro atoms. The van der Waals surface area contributed by atoms with E-state index in [1.807, 2.05) is 30.3 Å². The Kier molecular flexibility index (Phi) is 3.29. The quantitative estimate of drug-likeness (QED) is 0.554. The number of benzene rings is 1. The van der Waals surface area contributed by atoms with Crippen molar-refractivity contribution in [2.75, 3.05) is 0 Å². The van der Waals surface area contributed by atoms with Crippen LogP contribution in [-0.4, -0.2) is 20.6 Å². The Labute approximate surface area is 153 Å². The van der Waals surface area contributed by atoms with Crippen molar-refractivity contribution in [2.24, 2.45) is 0 Å². The first-order chi connectivity index (χ1) is 12.5. The molecule has 0 atom stereocenters. The molecular formula is C20H17N3O2S. The summed E-state index contributed by atoms with van der Waals surface area (Å²) in [6.45, 7) is 4.69. The van der Waals surface area contributed by atoms with E-state index in [9.17, 15) is 4.79 Å². The van der Waals surface area contributed by atoms with E-state index in [-0.39, 0.29) is 11.2 Å². The van der Waals surface area contributed by atoms with E-state index >= 15 is 0 Å². The van der Waals surface area contributed by atoms with Crippen molar-refractivity contribution in [3.63, 3.8) is 0 Å². The number of nitrogens with one attached hydrogen (secondary N) is 1. The predicted octanol–water partition coefficient (Wildman–Crippen LogP) is 4.05. The van der Waals surface area contributed by atoms with Gasteiger partial charge < -0.3 is 9.72 Å². The smallest absolute Gasteiger partial charge is 0.269 e. The minimum atomic E-state index is -0.208. The SMILES string of the molecule is CC1(C)Cc2nc3sc4c(=O)[nH]c(-c5ccccc5)nc4c3cc2CO1. The number of aromatic nitrogens is 3. The normalized spacial score (nSPS) is 16.1. The highest BCUT2D eigenvalue weighted by atomic mass is 32.1. The zero-order valence-corrected chi connectivity index (χ0v) is 15.3. The van der Waals surface area contributed by atoms with Gasteiger partial charge in [0.05, 0.1) is 23.4 Å². The fourth-order valence-electron chi connectivity index (χ4n) is 3.40. The third-order valence-electron chi connectivity index (χ3n) is 4.75. The minimum absolute atomic E-state index is 0.119. The van der Waals surface area contributed by atoms with Gasteiger partial charge >= 0.3 is 0 Å². The van der Waals surface area contributed by atoms with Crippen LogP contribution >= 0.6 is 11.3 Å². The fourth-order valence-corrected chi connectivity index (χ4v) is 4.41. The lowest BCUT2D eigenvalue weighted by Gasteiger charge is -2.30. The Balaban J connectivity index is 1.77. The minimum Gasteiger partial charge on any atom is -0.370 e. The average molecular weight is 363 g/mol. The number of ether oxygens (including phenoxy) is 1. The Morgan fingerprint density at radius 2 is 2.00 bits per heavy atom. The molecule has 5 rings (SSSR count). The second-order valence-electron chi connectivity index (χ2n) is 7.23. The summed E-state index contributed by atoms with van der Waals surface area (Å²) in [5.74, 6) is 0.581. The average Bonchev–Trinajstić information content (AvgIpc) is 2.98. The van der Waals surface area contributed by atoms with E-state index in [0.717, 1.165) is 33.5 Å². The van der Waals surface area contributed by atoms with Crippen molar-refractivity contribution in [1.82, 2.24) is 15.0 Å². The first kappa shape index (κ1) is 15.7. The Bertz CT molecular complexity index is 1210. The summed E-state index contributed by atoms with van der Waals surface area (Å²) in [7, 11) is 0. The first-order valence-corrected chi connectivity index (χ1v) is 9.36. The van der Waals surface area contributed by atoms with Gasteiger partial charge in [0.25, 0.3) is 5.56 Å². The maximum absolute atomic E-state index is 12.6. The van der Waals surface area contributed by atoms with Crippen LogP contribution in [0.3, 0.4) is 0 Å². The summed E-state index contributed by atoms with van der Waals surface area (Å²) < 4.78 is 6.54. The number of rotatable bonds is 1. The number of hydrogen-bond acceptors (Lipinski definition) is 5. The predicted molar refractivity (Wildman–Crippen MR) is 104 cm³/mol. The zero-order chi connectivity index (χ0) is 17.9. The molecule has 0 unspecified atom stereocenters. The first-order valence-electron chi connectivity index (χ1n) is 8.55. The second kappa shape index (κ2) is 5.46. The maximum Gasteiger partial charge on any atom is 0.269 e. The van der Waals surface area contributed by atoms with E-state index in [1.54, 1.807) is 0 Å². The monoisotopic (exact) mass is 363 g/mol. The molecule has 3 aromatic heterocycles. The fraction of sp³-hybridized carbons (Fsp3) is 0.250. The summed E-state index contributed by atoms with van der Waals surface area (Å²) in [5, 5.41) is 0.926. The van der Waals surface area contributed by atoms with Crippen LogP contribution < -0.4 is 5.56 Å². The summed E-state index contributed by atoms with van der Waals surface area (Å²) in [5.41, 5.74) is 3.42. The molecule has 1 N–H and O–H groups in total. The van der Waals surface area contributed by atoms with Crippen molar-refractivity contribution in [3.8, 4) is 11.4 Å². The zero-order valence-electron chi connectivity index (χ0n) is 14.5. The summed E-state index contributed by atoms with van der Waals surface area (Å²) in [6, 6.07) is 11.8. The molecule has 6 heteroatoms. The lowest BCUT2D eigenvalue weighted by Crippen LogP contribution is -2.32. The summed E-state index contributed by atoms with van der Waals surface area (Å²) in [4.78, 5) is 26.0. The van der Waals surface area contributed by atoms with Gasteiger partial charge in [-0.15, -0.1) is 11.3 Å². The van der Waals surface area contributed by atoms with Gasteiger partial charge in [0.1, 0.15) is 15.4 Å². The maximum atomic E-state index is 12.6. The molecule has 26 heavy (non-hydrogen) atoms. The van der Waals surface area contributed by atoms with Crippen LogP contribution in [0.1, 0.15) is 25.1 Å². The second-order valence-corrected chi connectivity index (χ2v) is 8.23. The van der Waals surface area contributed by atoms with Crippen LogP contribution in [0.15, 0.2) is 41.2 Å². The highest BCUT2D eigenvalue weighted by Gasteiger charge is 2.28. The molecule has 0 bridgehead atoms. The summed E-state index contributed by atoms with van der Waals surface area (Å²) >= 11 is 1.41. The highest BCUT2D eigenvalue weighted by molar-refractivity contribution is 7.25. The number of H-pyrrole nitrogens is 1. The van der Waals surface area contributed by atoms with E-state index in [0.29, 0.717) is 22.6 Å².